The van der Waals surface area contributed by atoms with Crippen LogP contribution < -0.4 is 9.62 Å². The molecule has 2 aromatic rings. The molecule has 33 heavy (non-hydrogen) atoms. The number of hydrogen-bond acceptors (Lipinski definition) is 4. The standard InChI is InChI=1S/C24H32ClN3O4S/c1-17-10-6-7-11-20(17)16-27(19(3)24(30)26-4)23(29)14-9-15-28(33(5,31)32)22-13-8-12-21(25)18(22)2/h6-8,10-13,19H,9,14-16H2,1-5H3,(H,26,30)/t19-/m0/s1. The molecule has 0 aliphatic rings. The van der Waals surface area contributed by atoms with Crippen LogP contribution in [0.15, 0.2) is 42.5 Å². The minimum absolute atomic E-state index is 0.0961. The van der Waals surface area contributed by atoms with Gasteiger partial charge in [0.15, 0.2) is 0 Å². The number of carbonyl (C=O) groups excluding carboxylic acids is 2. The zero-order valence-electron chi connectivity index (χ0n) is 19.8. The molecule has 0 heterocycles. The van der Waals surface area contributed by atoms with Crippen LogP contribution in [0.3, 0.4) is 0 Å². The summed E-state index contributed by atoms with van der Waals surface area (Å²) in [6.45, 7) is 5.82. The maximum absolute atomic E-state index is 13.2. The molecule has 0 saturated heterocycles. The van der Waals surface area contributed by atoms with Crippen LogP contribution in [-0.4, -0.2) is 51.0 Å². The number of sulfonamides is 1. The van der Waals surface area contributed by atoms with E-state index in [0.29, 0.717) is 29.2 Å². The average Bonchev–Trinajstić information content (AvgIpc) is 2.76. The van der Waals surface area contributed by atoms with Gasteiger partial charge in [0.05, 0.1) is 11.9 Å². The Labute approximate surface area is 201 Å². The Morgan fingerprint density at radius 1 is 1.09 bits per heavy atom. The van der Waals surface area contributed by atoms with Crippen molar-refractivity contribution in [2.75, 3.05) is 24.2 Å². The molecule has 0 spiro atoms. The van der Waals surface area contributed by atoms with Gasteiger partial charge in [-0.15, -0.1) is 0 Å². The van der Waals surface area contributed by atoms with Gasteiger partial charge < -0.3 is 10.2 Å². The first-order valence-electron chi connectivity index (χ1n) is 10.8. The number of benzene rings is 2. The van der Waals surface area contributed by atoms with Crippen molar-refractivity contribution in [1.29, 1.82) is 0 Å². The molecule has 9 heteroatoms. The van der Waals surface area contributed by atoms with Crippen LogP contribution in [0.2, 0.25) is 5.02 Å². The molecule has 0 fully saturated rings. The highest BCUT2D eigenvalue weighted by molar-refractivity contribution is 7.92. The van der Waals surface area contributed by atoms with E-state index in [2.05, 4.69) is 5.32 Å². The molecule has 2 rings (SSSR count). The first-order chi connectivity index (χ1) is 15.5. The second-order valence-electron chi connectivity index (χ2n) is 8.06. The summed E-state index contributed by atoms with van der Waals surface area (Å²) in [5.41, 5.74) is 3.13. The molecular weight excluding hydrogens is 462 g/mol. The lowest BCUT2D eigenvalue weighted by atomic mass is 10.1. The van der Waals surface area contributed by atoms with Crippen LogP contribution in [0.1, 0.15) is 36.5 Å². The van der Waals surface area contributed by atoms with Crippen molar-refractivity contribution in [3.63, 3.8) is 0 Å². The normalized spacial score (nSPS) is 12.2. The van der Waals surface area contributed by atoms with Crippen molar-refractivity contribution in [1.82, 2.24) is 10.2 Å². The molecule has 2 amide bonds. The van der Waals surface area contributed by atoms with E-state index in [1.54, 1.807) is 32.0 Å². The molecule has 0 unspecified atom stereocenters. The number of aryl methyl sites for hydroxylation is 1. The third-order valence-electron chi connectivity index (χ3n) is 5.68. The molecule has 0 aliphatic heterocycles. The zero-order chi connectivity index (χ0) is 24.8. The largest absolute Gasteiger partial charge is 0.357 e. The van der Waals surface area contributed by atoms with Gasteiger partial charge in [-0.2, -0.15) is 0 Å². The van der Waals surface area contributed by atoms with Crippen molar-refractivity contribution in [3.8, 4) is 0 Å². The van der Waals surface area contributed by atoms with E-state index < -0.39 is 16.1 Å². The summed E-state index contributed by atoms with van der Waals surface area (Å²) in [6.07, 6.45) is 1.52. The Morgan fingerprint density at radius 3 is 2.36 bits per heavy atom. The van der Waals surface area contributed by atoms with Gasteiger partial charge in [-0.3, -0.25) is 13.9 Å². The molecule has 180 valence electrons. The van der Waals surface area contributed by atoms with Gasteiger partial charge in [-0.1, -0.05) is 41.9 Å². The monoisotopic (exact) mass is 493 g/mol. The van der Waals surface area contributed by atoms with E-state index in [1.165, 1.54) is 16.3 Å². The second kappa shape index (κ2) is 11.5. The fourth-order valence-electron chi connectivity index (χ4n) is 3.61. The number of amides is 2. The van der Waals surface area contributed by atoms with Gasteiger partial charge in [-0.25, -0.2) is 8.42 Å². The third-order valence-corrected chi connectivity index (χ3v) is 7.27. The fraction of sp³-hybridized carbons (Fsp3) is 0.417. The van der Waals surface area contributed by atoms with Crippen LogP contribution in [0.25, 0.3) is 0 Å². The number of halogens is 1. The van der Waals surface area contributed by atoms with Crippen molar-refractivity contribution >= 4 is 39.1 Å². The Morgan fingerprint density at radius 2 is 1.76 bits per heavy atom. The van der Waals surface area contributed by atoms with E-state index in [1.807, 2.05) is 31.2 Å². The van der Waals surface area contributed by atoms with Crippen molar-refractivity contribution in [2.24, 2.45) is 0 Å². The van der Waals surface area contributed by atoms with Crippen LogP contribution in [0, 0.1) is 13.8 Å². The summed E-state index contributed by atoms with van der Waals surface area (Å²) in [6, 6.07) is 12.1. The topological polar surface area (TPSA) is 86.8 Å². The average molecular weight is 494 g/mol. The predicted molar refractivity (Wildman–Crippen MR) is 133 cm³/mol. The summed E-state index contributed by atoms with van der Waals surface area (Å²) in [4.78, 5) is 27.0. The second-order valence-corrected chi connectivity index (χ2v) is 10.4. The van der Waals surface area contributed by atoms with Gasteiger partial charge >= 0.3 is 0 Å². The Kier molecular flexibility index (Phi) is 9.31. The molecule has 0 saturated carbocycles. The van der Waals surface area contributed by atoms with Crippen molar-refractivity contribution < 1.29 is 18.0 Å². The molecule has 0 bridgehead atoms. The third kappa shape index (κ3) is 6.95. The van der Waals surface area contributed by atoms with Gasteiger partial charge in [0.1, 0.15) is 6.04 Å². The van der Waals surface area contributed by atoms with E-state index in [-0.39, 0.29) is 24.8 Å². The van der Waals surface area contributed by atoms with Gasteiger partial charge in [0.25, 0.3) is 0 Å². The first-order valence-corrected chi connectivity index (χ1v) is 13.0. The molecule has 1 N–H and O–H groups in total. The molecule has 0 radical (unpaired) electrons. The number of nitrogens with one attached hydrogen (secondary N) is 1. The van der Waals surface area contributed by atoms with Gasteiger partial charge in [0, 0.05) is 31.6 Å². The summed E-state index contributed by atoms with van der Waals surface area (Å²) in [5.74, 6) is -0.477. The lowest BCUT2D eigenvalue weighted by Gasteiger charge is -2.29. The highest BCUT2D eigenvalue weighted by Gasteiger charge is 2.26. The van der Waals surface area contributed by atoms with Crippen molar-refractivity contribution in [3.05, 3.63) is 64.2 Å². The number of rotatable bonds is 10. The maximum Gasteiger partial charge on any atom is 0.242 e. The number of hydrogen-bond donors (Lipinski definition) is 1. The highest BCUT2D eigenvalue weighted by Crippen LogP contribution is 2.28. The minimum atomic E-state index is -3.58. The quantitative estimate of drug-likeness (QED) is 0.547. The summed E-state index contributed by atoms with van der Waals surface area (Å²) in [7, 11) is -2.04. The number of likely N-dealkylation sites (N-methyl/N-ethyl adjacent to an activating group) is 1. The zero-order valence-corrected chi connectivity index (χ0v) is 21.3. The fourth-order valence-corrected chi connectivity index (χ4v) is 4.80. The van der Waals surface area contributed by atoms with Gasteiger partial charge in [0.2, 0.25) is 21.8 Å². The minimum Gasteiger partial charge on any atom is -0.357 e. The van der Waals surface area contributed by atoms with Gasteiger partial charge in [-0.05, 0) is 56.0 Å². The van der Waals surface area contributed by atoms with Crippen LogP contribution in [-0.2, 0) is 26.2 Å². The van der Waals surface area contributed by atoms with Crippen LogP contribution in [0.4, 0.5) is 5.69 Å². The van der Waals surface area contributed by atoms with Crippen LogP contribution >= 0.6 is 11.6 Å². The smallest absolute Gasteiger partial charge is 0.242 e. The first kappa shape index (κ1) is 26.7. The van der Waals surface area contributed by atoms with E-state index >= 15 is 0 Å². The van der Waals surface area contributed by atoms with E-state index in [9.17, 15) is 18.0 Å². The van der Waals surface area contributed by atoms with Crippen molar-refractivity contribution in [2.45, 2.75) is 46.2 Å². The predicted octanol–water partition coefficient (Wildman–Crippen LogP) is 3.67. The lowest BCUT2D eigenvalue weighted by molar-refractivity contribution is -0.140. The van der Waals surface area contributed by atoms with E-state index in [4.69, 9.17) is 11.6 Å². The Balaban J connectivity index is 2.19. The number of anilines is 1. The maximum atomic E-state index is 13.2. The number of nitrogens with zero attached hydrogens (tertiary/aromatic N) is 2. The molecule has 0 aromatic heterocycles. The SMILES string of the molecule is CNC(=O)[C@H](C)N(Cc1ccccc1C)C(=O)CCCN(c1cccc(Cl)c1C)S(C)(=O)=O. The van der Waals surface area contributed by atoms with E-state index in [0.717, 1.165) is 17.4 Å². The van der Waals surface area contributed by atoms with Crippen LogP contribution in [0.5, 0.6) is 0 Å². The summed E-state index contributed by atoms with van der Waals surface area (Å²) in [5, 5.41) is 3.07. The molecule has 7 nitrogen and oxygen atoms in total. The molecule has 0 aliphatic carbocycles. The Bertz CT molecular complexity index is 1100. The Hall–Kier alpha value is -2.58. The lowest BCUT2D eigenvalue weighted by Crippen LogP contribution is -2.47. The summed E-state index contributed by atoms with van der Waals surface area (Å²) < 4.78 is 26.2. The molecule has 1 atom stereocenters. The highest BCUT2D eigenvalue weighted by atomic mass is 35.5. The number of carbonyl (C=O) groups is 2. The molecule has 2 aromatic carbocycles. The molecular formula is C24H32ClN3O4S. The summed E-state index contributed by atoms with van der Waals surface area (Å²) >= 11 is 6.18.